The third-order valence-electron chi connectivity index (χ3n) is 6.03. The first-order valence-corrected chi connectivity index (χ1v) is 12.0. The number of aromatic nitrogens is 1. The first-order valence-electron chi connectivity index (χ1n) is 11.0. The topological polar surface area (TPSA) is 62.7 Å². The average Bonchev–Trinajstić information content (AvgIpc) is 3.12. The second-order valence-electron chi connectivity index (χ2n) is 8.09. The van der Waals surface area contributed by atoms with Crippen LogP contribution in [0, 0.1) is 0 Å². The smallest absolute Gasteiger partial charge is 0.411 e. The number of carbonyl (C=O) groups is 2. The summed E-state index contributed by atoms with van der Waals surface area (Å²) in [6, 6.07) is 13.6. The van der Waals surface area contributed by atoms with Crippen LogP contribution in [0.4, 0.5) is 4.79 Å². The molecule has 2 amide bonds. The van der Waals surface area contributed by atoms with Gasteiger partial charge >= 0.3 is 6.09 Å². The van der Waals surface area contributed by atoms with Gasteiger partial charge in [-0.25, -0.2) is 9.78 Å². The van der Waals surface area contributed by atoms with E-state index >= 15 is 0 Å². The lowest BCUT2D eigenvalue weighted by atomic mass is 9.98. The van der Waals surface area contributed by atoms with Crippen molar-refractivity contribution in [1.29, 1.82) is 0 Å². The summed E-state index contributed by atoms with van der Waals surface area (Å²) in [6.07, 6.45) is 3.78. The number of carbonyl (C=O) groups excluding carboxylic acids is 2. The molecule has 0 N–H and O–H groups in total. The van der Waals surface area contributed by atoms with Gasteiger partial charge in [-0.1, -0.05) is 37.3 Å². The molecule has 4 rings (SSSR count). The zero-order valence-corrected chi connectivity index (χ0v) is 18.9. The normalized spacial score (nSPS) is 21.9. The van der Waals surface area contributed by atoms with Crippen LogP contribution in [0.15, 0.2) is 53.7 Å². The minimum Gasteiger partial charge on any atom is -0.439 e. The highest BCUT2D eigenvalue weighted by atomic mass is 32.2. The van der Waals surface area contributed by atoms with Crippen molar-refractivity contribution in [2.75, 3.05) is 18.8 Å². The third-order valence-corrected chi connectivity index (χ3v) is 7.24. The van der Waals surface area contributed by atoms with Crippen molar-refractivity contribution in [1.82, 2.24) is 14.8 Å². The lowest BCUT2D eigenvalue weighted by molar-refractivity contribution is 0.0636. The van der Waals surface area contributed by atoms with E-state index < -0.39 is 0 Å². The molecule has 2 unspecified atom stereocenters. The molecule has 2 fully saturated rings. The van der Waals surface area contributed by atoms with Gasteiger partial charge in [-0.05, 0) is 49.6 Å². The van der Waals surface area contributed by atoms with Crippen molar-refractivity contribution in [3.05, 3.63) is 59.8 Å². The van der Waals surface area contributed by atoms with E-state index in [1.54, 1.807) is 18.0 Å². The monoisotopic (exact) mass is 439 g/mol. The minimum atomic E-state index is -0.253. The Labute approximate surface area is 188 Å². The third kappa shape index (κ3) is 4.56. The van der Waals surface area contributed by atoms with Gasteiger partial charge in [0, 0.05) is 25.3 Å². The van der Waals surface area contributed by atoms with E-state index in [4.69, 9.17) is 4.74 Å². The lowest BCUT2D eigenvalue weighted by Gasteiger charge is -2.37. The number of hydrogen-bond donors (Lipinski definition) is 0. The fourth-order valence-electron chi connectivity index (χ4n) is 4.44. The van der Waals surface area contributed by atoms with Crippen molar-refractivity contribution >= 4 is 23.8 Å². The Morgan fingerprint density at radius 1 is 1.16 bits per heavy atom. The number of likely N-dealkylation sites (tertiary alicyclic amines) is 1. The predicted octanol–water partition coefficient (Wildman–Crippen LogP) is 4.77. The summed E-state index contributed by atoms with van der Waals surface area (Å²) in [5.74, 6) is 0.973. The highest BCUT2D eigenvalue weighted by molar-refractivity contribution is 7.99. The molecule has 0 radical (unpaired) electrons. The van der Waals surface area contributed by atoms with Crippen LogP contribution in [-0.4, -0.2) is 57.7 Å². The molecule has 7 heteroatoms. The number of hydrogen-bond acceptors (Lipinski definition) is 5. The van der Waals surface area contributed by atoms with Crippen LogP contribution in [0.5, 0.6) is 0 Å². The number of cyclic esters (lactones) is 1. The van der Waals surface area contributed by atoms with Gasteiger partial charge in [0.2, 0.25) is 0 Å². The van der Waals surface area contributed by atoms with Crippen molar-refractivity contribution in [3.63, 3.8) is 0 Å². The van der Waals surface area contributed by atoms with Gasteiger partial charge in [-0.3, -0.25) is 9.69 Å². The summed E-state index contributed by atoms with van der Waals surface area (Å²) >= 11 is 1.63. The van der Waals surface area contributed by atoms with Crippen molar-refractivity contribution < 1.29 is 14.3 Å². The highest BCUT2D eigenvalue weighted by Gasteiger charge is 2.44. The first kappa shape index (κ1) is 21.7. The largest absolute Gasteiger partial charge is 0.439 e. The van der Waals surface area contributed by atoms with E-state index in [2.05, 4.69) is 11.9 Å². The fourth-order valence-corrected chi connectivity index (χ4v) is 5.28. The molecule has 0 spiro atoms. The van der Waals surface area contributed by atoms with Gasteiger partial charge in [-0.15, -0.1) is 11.8 Å². The SMILES string of the molecule is CCCSc1ncccc1C(=O)N1CCC(N2C(=O)OC(c3ccccc3)C2C)CC1. The molecule has 2 saturated heterocycles. The maximum Gasteiger partial charge on any atom is 0.411 e. The Morgan fingerprint density at radius 2 is 1.90 bits per heavy atom. The molecule has 2 aromatic rings. The van der Waals surface area contributed by atoms with Crippen LogP contribution in [0.25, 0.3) is 0 Å². The fraction of sp³-hybridized carbons (Fsp3) is 0.458. The summed E-state index contributed by atoms with van der Waals surface area (Å²) in [6.45, 7) is 5.42. The van der Waals surface area contributed by atoms with Crippen molar-refractivity contribution in [2.45, 2.75) is 56.3 Å². The van der Waals surface area contributed by atoms with Gasteiger partial charge in [-0.2, -0.15) is 0 Å². The molecule has 0 bridgehead atoms. The molecule has 2 aliphatic heterocycles. The molecule has 0 saturated carbocycles. The summed E-state index contributed by atoms with van der Waals surface area (Å²) in [5, 5.41) is 0.805. The van der Waals surface area contributed by atoms with Gasteiger partial charge in [0.25, 0.3) is 5.91 Å². The highest BCUT2D eigenvalue weighted by Crippen LogP contribution is 2.36. The lowest BCUT2D eigenvalue weighted by Crippen LogP contribution is -2.49. The number of pyridine rings is 1. The Morgan fingerprint density at radius 3 is 2.61 bits per heavy atom. The maximum absolute atomic E-state index is 13.1. The van der Waals surface area contributed by atoms with E-state index in [1.165, 1.54) is 0 Å². The maximum atomic E-state index is 13.1. The molecule has 0 aliphatic carbocycles. The molecular weight excluding hydrogens is 410 g/mol. The Kier molecular flexibility index (Phi) is 6.80. The standard InChI is InChI=1S/C24H29N3O3S/c1-3-16-31-22-20(10-7-13-25-22)23(28)26-14-11-19(12-15-26)27-17(2)21(30-24(27)29)18-8-5-4-6-9-18/h4-10,13,17,19,21H,3,11-12,14-16H2,1-2H3. The van der Waals surface area contributed by atoms with E-state index in [1.807, 2.05) is 59.2 Å². The quantitative estimate of drug-likeness (QED) is 0.607. The van der Waals surface area contributed by atoms with Crippen LogP contribution in [0.2, 0.25) is 0 Å². The van der Waals surface area contributed by atoms with Gasteiger partial charge in [0.1, 0.15) is 11.1 Å². The Hall–Kier alpha value is -2.54. The molecule has 3 heterocycles. The second kappa shape index (κ2) is 9.73. The summed E-state index contributed by atoms with van der Waals surface area (Å²) < 4.78 is 5.72. The number of thioether (sulfide) groups is 1. The molecule has 164 valence electrons. The van der Waals surface area contributed by atoms with Crippen LogP contribution in [-0.2, 0) is 4.74 Å². The van der Waals surface area contributed by atoms with E-state index in [0.29, 0.717) is 18.7 Å². The van der Waals surface area contributed by atoms with Crippen LogP contribution >= 0.6 is 11.8 Å². The molecular formula is C24H29N3O3S. The van der Waals surface area contributed by atoms with Crippen molar-refractivity contribution in [2.24, 2.45) is 0 Å². The summed E-state index contributed by atoms with van der Waals surface area (Å²) in [4.78, 5) is 34.0. The van der Waals surface area contributed by atoms with Crippen LogP contribution in [0.3, 0.4) is 0 Å². The zero-order chi connectivity index (χ0) is 21.8. The number of ether oxygens (including phenoxy) is 1. The minimum absolute atomic E-state index is 0.0301. The molecule has 2 aliphatic rings. The van der Waals surface area contributed by atoms with Gasteiger partial charge in [0.15, 0.2) is 0 Å². The number of piperidine rings is 1. The van der Waals surface area contributed by atoms with E-state index in [-0.39, 0.29) is 30.2 Å². The summed E-state index contributed by atoms with van der Waals surface area (Å²) in [5.41, 5.74) is 1.70. The van der Waals surface area contributed by atoms with E-state index in [0.717, 1.165) is 35.6 Å². The predicted molar refractivity (Wildman–Crippen MR) is 121 cm³/mol. The molecule has 1 aromatic heterocycles. The van der Waals surface area contributed by atoms with Crippen LogP contribution in [0.1, 0.15) is 55.1 Å². The number of benzene rings is 1. The Bertz CT molecular complexity index is 915. The van der Waals surface area contributed by atoms with Crippen molar-refractivity contribution in [3.8, 4) is 0 Å². The summed E-state index contributed by atoms with van der Waals surface area (Å²) in [7, 11) is 0. The molecule has 6 nitrogen and oxygen atoms in total. The molecule has 31 heavy (non-hydrogen) atoms. The molecule has 1 aromatic carbocycles. The Balaban J connectivity index is 1.40. The number of nitrogens with zero attached hydrogens (tertiary/aromatic N) is 3. The molecule has 2 atom stereocenters. The first-order chi connectivity index (χ1) is 15.1. The zero-order valence-electron chi connectivity index (χ0n) is 18.1. The van der Waals surface area contributed by atoms with Gasteiger partial charge in [0.05, 0.1) is 11.6 Å². The van der Waals surface area contributed by atoms with Gasteiger partial charge < -0.3 is 9.64 Å². The number of amides is 2. The average molecular weight is 440 g/mol. The van der Waals surface area contributed by atoms with E-state index in [9.17, 15) is 9.59 Å². The number of rotatable bonds is 6. The second-order valence-corrected chi connectivity index (χ2v) is 9.17. The van der Waals surface area contributed by atoms with Crippen LogP contribution < -0.4 is 0 Å².